The minimum atomic E-state index is -0.327. The summed E-state index contributed by atoms with van der Waals surface area (Å²) in [6.45, 7) is 8.19. The molecule has 30 heavy (non-hydrogen) atoms. The first-order chi connectivity index (χ1) is 14.1. The summed E-state index contributed by atoms with van der Waals surface area (Å²) in [5.41, 5.74) is 9.36. The Morgan fingerprint density at radius 3 is 2.07 bits per heavy atom. The first-order valence-electron chi connectivity index (χ1n) is 9.55. The highest BCUT2D eigenvalue weighted by Crippen LogP contribution is 2.23. The molecular weight excluding hydrogens is 378 g/mol. The molecule has 0 saturated heterocycles. The lowest BCUT2D eigenvalue weighted by Crippen LogP contribution is -2.16. The molecule has 1 heterocycles. The second-order valence-electron chi connectivity index (χ2n) is 8.10. The lowest BCUT2D eigenvalue weighted by Gasteiger charge is -2.19. The number of aryl methyl sites for hydroxylation is 1. The van der Waals surface area contributed by atoms with Crippen molar-refractivity contribution in [2.24, 2.45) is 0 Å². The Bertz CT molecular complexity index is 1070. The van der Waals surface area contributed by atoms with Gasteiger partial charge in [-0.3, -0.25) is 9.59 Å². The van der Waals surface area contributed by atoms with Crippen molar-refractivity contribution in [3.8, 4) is 0 Å². The second-order valence-corrected chi connectivity index (χ2v) is 8.10. The number of anilines is 3. The molecule has 0 unspecified atom stereocenters. The standard InChI is InChI=1S/C23H25N5O2/c1-14-5-10-17(11-19(14)21(30)28-18-12-25-22(24)26-13-18)27-20(29)15-6-8-16(9-7-15)23(2,3)4/h5-13H,1-4H3,(H,27,29)(H,28,30)(H2,24,25,26). The maximum atomic E-state index is 12.6. The van der Waals surface area contributed by atoms with Crippen LogP contribution in [-0.4, -0.2) is 21.8 Å². The Morgan fingerprint density at radius 2 is 1.47 bits per heavy atom. The van der Waals surface area contributed by atoms with Gasteiger partial charge in [0.15, 0.2) is 0 Å². The number of carbonyl (C=O) groups excluding carboxylic acids is 2. The van der Waals surface area contributed by atoms with Gasteiger partial charge in [0, 0.05) is 16.8 Å². The lowest BCUT2D eigenvalue weighted by molar-refractivity contribution is 0.101. The van der Waals surface area contributed by atoms with Crippen LogP contribution in [0.5, 0.6) is 0 Å². The van der Waals surface area contributed by atoms with E-state index in [4.69, 9.17) is 5.73 Å². The molecule has 0 aliphatic heterocycles. The van der Waals surface area contributed by atoms with Gasteiger partial charge in [-0.05, 0) is 47.7 Å². The average molecular weight is 403 g/mol. The molecule has 4 N–H and O–H groups in total. The van der Waals surface area contributed by atoms with Gasteiger partial charge in [0.1, 0.15) is 0 Å². The van der Waals surface area contributed by atoms with E-state index in [9.17, 15) is 9.59 Å². The molecule has 0 fully saturated rings. The van der Waals surface area contributed by atoms with E-state index >= 15 is 0 Å². The fourth-order valence-corrected chi connectivity index (χ4v) is 2.87. The SMILES string of the molecule is Cc1ccc(NC(=O)c2ccc(C(C)(C)C)cc2)cc1C(=O)Nc1cnc(N)nc1. The zero-order valence-electron chi connectivity index (χ0n) is 17.5. The Kier molecular flexibility index (Phi) is 5.82. The van der Waals surface area contributed by atoms with Crippen LogP contribution in [0.1, 0.15) is 52.6 Å². The van der Waals surface area contributed by atoms with Crippen LogP contribution in [0.15, 0.2) is 54.9 Å². The zero-order valence-corrected chi connectivity index (χ0v) is 17.5. The predicted octanol–water partition coefficient (Wildman–Crippen LogP) is 4.17. The van der Waals surface area contributed by atoms with Gasteiger partial charge in [-0.25, -0.2) is 9.97 Å². The van der Waals surface area contributed by atoms with Crippen LogP contribution in [0.3, 0.4) is 0 Å². The Balaban J connectivity index is 1.75. The molecule has 0 spiro atoms. The molecule has 2 amide bonds. The maximum Gasteiger partial charge on any atom is 0.256 e. The summed E-state index contributed by atoms with van der Waals surface area (Å²) in [5.74, 6) is -0.437. The number of nitrogen functional groups attached to an aromatic ring is 1. The van der Waals surface area contributed by atoms with Crippen molar-refractivity contribution in [3.63, 3.8) is 0 Å². The van der Waals surface area contributed by atoms with Crippen molar-refractivity contribution in [3.05, 3.63) is 77.1 Å². The minimum Gasteiger partial charge on any atom is -0.368 e. The molecule has 2 aromatic carbocycles. The highest BCUT2D eigenvalue weighted by Gasteiger charge is 2.15. The van der Waals surface area contributed by atoms with Crippen LogP contribution in [0.25, 0.3) is 0 Å². The summed E-state index contributed by atoms with van der Waals surface area (Å²) in [4.78, 5) is 33.0. The van der Waals surface area contributed by atoms with Gasteiger partial charge in [-0.15, -0.1) is 0 Å². The molecule has 1 aromatic heterocycles. The van der Waals surface area contributed by atoms with Crippen LogP contribution in [-0.2, 0) is 5.41 Å². The van der Waals surface area contributed by atoms with Gasteiger partial charge in [0.05, 0.1) is 18.1 Å². The number of nitrogens with two attached hydrogens (primary N) is 1. The first-order valence-corrected chi connectivity index (χ1v) is 9.55. The Morgan fingerprint density at radius 1 is 0.867 bits per heavy atom. The van der Waals surface area contributed by atoms with Crippen molar-refractivity contribution in [2.75, 3.05) is 16.4 Å². The number of rotatable bonds is 4. The molecular formula is C23H25N5O2. The van der Waals surface area contributed by atoms with E-state index < -0.39 is 0 Å². The summed E-state index contributed by atoms with van der Waals surface area (Å²) in [7, 11) is 0. The number of amides is 2. The molecule has 3 rings (SSSR count). The lowest BCUT2D eigenvalue weighted by atomic mass is 9.87. The van der Waals surface area contributed by atoms with E-state index in [-0.39, 0.29) is 23.2 Å². The van der Waals surface area contributed by atoms with Gasteiger partial charge in [0.25, 0.3) is 11.8 Å². The van der Waals surface area contributed by atoms with Gasteiger partial charge in [-0.1, -0.05) is 39.0 Å². The van der Waals surface area contributed by atoms with Crippen molar-refractivity contribution in [2.45, 2.75) is 33.1 Å². The van der Waals surface area contributed by atoms with Crippen LogP contribution in [0, 0.1) is 6.92 Å². The normalized spacial score (nSPS) is 11.1. The highest BCUT2D eigenvalue weighted by atomic mass is 16.2. The van der Waals surface area contributed by atoms with Gasteiger partial charge in [-0.2, -0.15) is 0 Å². The summed E-state index contributed by atoms with van der Waals surface area (Å²) >= 11 is 0. The third-order valence-corrected chi connectivity index (χ3v) is 4.68. The van der Waals surface area contributed by atoms with Crippen LogP contribution in [0.4, 0.5) is 17.3 Å². The maximum absolute atomic E-state index is 12.6. The fourth-order valence-electron chi connectivity index (χ4n) is 2.87. The van der Waals surface area contributed by atoms with E-state index in [1.807, 2.05) is 19.1 Å². The summed E-state index contributed by atoms with van der Waals surface area (Å²) in [6.07, 6.45) is 2.87. The zero-order chi connectivity index (χ0) is 21.9. The number of nitrogens with one attached hydrogen (secondary N) is 2. The first kappa shape index (κ1) is 21.0. The topological polar surface area (TPSA) is 110 Å². The summed E-state index contributed by atoms with van der Waals surface area (Å²) in [5, 5.41) is 5.58. The van der Waals surface area contributed by atoms with Crippen molar-refractivity contribution < 1.29 is 9.59 Å². The Labute approximate surface area is 175 Å². The smallest absolute Gasteiger partial charge is 0.256 e. The van der Waals surface area contributed by atoms with Crippen molar-refractivity contribution in [1.29, 1.82) is 0 Å². The van der Waals surface area contributed by atoms with Gasteiger partial charge < -0.3 is 16.4 Å². The van der Waals surface area contributed by atoms with Crippen molar-refractivity contribution in [1.82, 2.24) is 9.97 Å². The quantitative estimate of drug-likeness (QED) is 0.606. The number of hydrogen-bond acceptors (Lipinski definition) is 5. The summed E-state index contributed by atoms with van der Waals surface area (Å²) < 4.78 is 0. The average Bonchev–Trinajstić information content (AvgIpc) is 2.70. The molecule has 0 radical (unpaired) electrons. The second kappa shape index (κ2) is 8.32. The van der Waals surface area contributed by atoms with E-state index in [2.05, 4.69) is 41.4 Å². The third kappa shape index (κ3) is 5.00. The van der Waals surface area contributed by atoms with E-state index in [1.54, 1.807) is 30.3 Å². The Hall–Kier alpha value is -3.74. The molecule has 7 nitrogen and oxygen atoms in total. The monoisotopic (exact) mass is 403 g/mol. The van der Waals surface area contributed by atoms with Crippen molar-refractivity contribution >= 4 is 29.1 Å². The number of carbonyl (C=O) groups is 2. The molecule has 154 valence electrons. The van der Waals surface area contributed by atoms with Crippen LogP contribution < -0.4 is 16.4 Å². The number of aromatic nitrogens is 2. The largest absolute Gasteiger partial charge is 0.368 e. The van der Waals surface area contributed by atoms with Gasteiger partial charge in [0.2, 0.25) is 5.95 Å². The number of nitrogens with zero attached hydrogens (tertiary/aromatic N) is 2. The minimum absolute atomic E-state index is 0.0176. The molecule has 0 bridgehead atoms. The predicted molar refractivity (Wildman–Crippen MR) is 119 cm³/mol. The number of benzene rings is 2. The highest BCUT2D eigenvalue weighted by molar-refractivity contribution is 6.08. The molecule has 3 aromatic rings. The molecule has 7 heteroatoms. The molecule has 0 atom stereocenters. The summed E-state index contributed by atoms with van der Waals surface area (Å²) in [6, 6.07) is 12.7. The van der Waals surface area contributed by atoms with Crippen LogP contribution >= 0.6 is 0 Å². The third-order valence-electron chi connectivity index (χ3n) is 4.68. The number of hydrogen-bond donors (Lipinski definition) is 3. The van der Waals surface area contributed by atoms with E-state index in [0.29, 0.717) is 22.5 Å². The molecule has 0 aliphatic rings. The van der Waals surface area contributed by atoms with Crippen LogP contribution in [0.2, 0.25) is 0 Å². The van der Waals surface area contributed by atoms with Gasteiger partial charge >= 0.3 is 0 Å². The molecule has 0 aliphatic carbocycles. The molecule has 0 saturated carbocycles. The van der Waals surface area contributed by atoms with E-state index in [1.165, 1.54) is 12.4 Å². The fraction of sp³-hybridized carbons (Fsp3) is 0.217. The van der Waals surface area contributed by atoms with E-state index in [0.717, 1.165) is 11.1 Å².